The summed E-state index contributed by atoms with van der Waals surface area (Å²) in [4.78, 5) is 14.9. The van der Waals surface area contributed by atoms with E-state index in [0.29, 0.717) is 42.3 Å². The summed E-state index contributed by atoms with van der Waals surface area (Å²) in [6, 6.07) is 4.59. The molecule has 1 unspecified atom stereocenters. The first-order valence-corrected chi connectivity index (χ1v) is 15.4. The fraction of sp³-hybridized carbons (Fsp3) is 0.417. The van der Waals surface area contributed by atoms with Gasteiger partial charge in [0.25, 0.3) is 0 Å². The van der Waals surface area contributed by atoms with Crippen molar-refractivity contribution in [3.63, 3.8) is 0 Å². The number of halogens is 3. The summed E-state index contributed by atoms with van der Waals surface area (Å²) in [5.41, 5.74) is 7.78. The van der Waals surface area contributed by atoms with E-state index in [0.717, 1.165) is 18.2 Å². The molecule has 36 heavy (non-hydrogen) atoms. The lowest BCUT2D eigenvalue weighted by Crippen LogP contribution is -2.30. The third-order valence-electron chi connectivity index (χ3n) is 6.12. The van der Waals surface area contributed by atoms with Crippen molar-refractivity contribution in [2.75, 3.05) is 23.8 Å². The number of nitrogens with two attached hydrogens (primary N) is 1. The molecule has 0 radical (unpaired) electrons. The third kappa shape index (κ3) is 5.76. The van der Waals surface area contributed by atoms with E-state index in [9.17, 15) is 18.0 Å². The molecule has 2 N–H and O–H groups in total. The van der Waals surface area contributed by atoms with Crippen LogP contribution in [0.2, 0.25) is 25.7 Å². The van der Waals surface area contributed by atoms with Crippen LogP contribution < -0.4 is 10.6 Å². The lowest BCUT2D eigenvalue weighted by atomic mass is 9.98. The fourth-order valence-corrected chi connectivity index (χ4v) is 4.85. The Bertz CT molecular complexity index is 1240. The molecule has 1 saturated heterocycles. The second-order valence-corrected chi connectivity index (χ2v) is 15.8. The van der Waals surface area contributed by atoms with E-state index in [-0.39, 0.29) is 24.6 Å². The zero-order valence-corrected chi connectivity index (χ0v) is 21.5. The fourth-order valence-electron chi connectivity index (χ4n) is 4.09. The van der Waals surface area contributed by atoms with E-state index in [1.807, 2.05) is 0 Å². The summed E-state index contributed by atoms with van der Waals surface area (Å²) >= 11 is 0. The molecule has 12 heteroatoms. The van der Waals surface area contributed by atoms with Crippen molar-refractivity contribution >= 4 is 25.5 Å². The Morgan fingerprint density at radius 2 is 1.81 bits per heavy atom. The highest BCUT2D eigenvalue weighted by atomic mass is 28.3. The minimum atomic E-state index is -1.52. The van der Waals surface area contributed by atoms with Crippen molar-refractivity contribution in [2.24, 2.45) is 5.92 Å². The average Bonchev–Trinajstić information content (AvgIpc) is 3.38. The number of nitrogen functional groups attached to an aromatic ring is 1. The van der Waals surface area contributed by atoms with Crippen LogP contribution in [0.5, 0.6) is 0 Å². The van der Waals surface area contributed by atoms with Gasteiger partial charge in [-0.1, -0.05) is 0 Å². The van der Waals surface area contributed by atoms with Crippen molar-refractivity contribution in [3.05, 3.63) is 53.6 Å². The number of amides is 1. The third-order valence-corrected chi connectivity index (χ3v) is 7.83. The van der Waals surface area contributed by atoms with Crippen LogP contribution in [-0.4, -0.2) is 47.1 Å². The Balaban J connectivity index is 1.57. The molecule has 1 aliphatic heterocycles. The number of benzene rings is 1. The van der Waals surface area contributed by atoms with Crippen LogP contribution in [0, 0.1) is 23.4 Å². The summed E-state index contributed by atoms with van der Waals surface area (Å²) in [5.74, 6) is -4.26. The summed E-state index contributed by atoms with van der Waals surface area (Å²) in [6.45, 7) is 7.88. The number of hydrogen-bond acceptors (Lipinski definition) is 6. The second-order valence-electron chi connectivity index (χ2n) is 10.1. The van der Waals surface area contributed by atoms with Gasteiger partial charge < -0.3 is 10.5 Å². The molecule has 0 bridgehead atoms. The van der Waals surface area contributed by atoms with Gasteiger partial charge in [0.05, 0.1) is 23.8 Å². The molecule has 1 aliphatic rings. The normalized spacial score (nSPS) is 16.2. The Hall–Kier alpha value is -3.25. The van der Waals surface area contributed by atoms with Crippen molar-refractivity contribution < 1.29 is 22.7 Å². The van der Waals surface area contributed by atoms with Gasteiger partial charge in [0, 0.05) is 30.7 Å². The maximum atomic E-state index is 13.7. The molecule has 2 aromatic heterocycles. The first kappa shape index (κ1) is 25.8. The van der Waals surface area contributed by atoms with Gasteiger partial charge in [-0.25, -0.2) is 17.9 Å². The summed E-state index contributed by atoms with van der Waals surface area (Å²) in [7, 11) is -1.29. The number of carbonyl (C=O) groups is 1. The Morgan fingerprint density at radius 1 is 1.11 bits per heavy atom. The highest BCUT2D eigenvalue weighted by Gasteiger charge is 2.35. The number of ether oxygens (including phenoxy) is 1. The maximum absolute atomic E-state index is 13.7. The van der Waals surface area contributed by atoms with Gasteiger partial charge in [-0.15, -0.1) is 14.1 Å². The number of nitrogens with zero attached hydrogens (tertiary/aromatic N) is 5. The minimum absolute atomic E-state index is 0.0956. The van der Waals surface area contributed by atoms with E-state index in [4.69, 9.17) is 10.5 Å². The van der Waals surface area contributed by atoms with Crippen LogP contribution in [0.15, 0.2) is 30.6 Å². The molecular weight excluding hydrogens is 489 g/mol. The monoisotopic (exact) mass is 518 g/mol. The van der Waals surface area contributed by atoms with Crippen molar-refractivity contribution in [1.82, 2.24) is 20.0 Å². The van der Waals surface area contributed by atoms with Gasteiger partial charge in [-0.3, -0.25) is 9.69 Å². The predicted molar refractivity (Wildman–Crippen MR) is 132 cm³/mol. The van der Waals surface area contributed by atoms with E-state index in [1.54, 1.807) is 15.6 Å². The molecule has 0 spiro atoms. The van der Waals surface area contributed by atoms with E-state index in [2.05, 4.69) is 34.9 Å². The van der Waals surface area contributed by atoms with Crippen LogP contribution in [0.3, 0.4) is 0 Å². The van der Waals surface area contributed by atoms with Gasteiger partial charge in [0.15, 0.2) is 17.5 Å². The Kier molecular flexibility index (Phi) is 7.45. The van der Waals surface area contributed by atoms with Crippen LogP contribution in [-0.2, 0) is 22.7 Å². The van der Waals surface area contributed by atoms with E-state index in [1.165, 1.54) is 12.4 Å². The van der Waals surface area contributed by atoms with Crippen LogP contribution in [0.1, 0.15) is 12.0 Å². The van der Waals surface area contributed by atoms with Crippen LogP contribution in [0.25, 0.3) is 11.3 Å². The summed E-state index contributed by atoms with van der Waals surface area (Å²) in [5, 5.41) is 12.3. The number of anilines is 2. The topological polar surface area (TPSA) is 99.2 Å². The highest BCUT2D eigenvalue weighted by molar-refractivity contribution is 6.76. The number of aromatic nitrogens is 4. The maximum Gasteiger partial charge on any atom is 0.231 e. The van der Waals surface area contributed by atoms with E-state index >= 15 is 0 Å². The first-order chi connectivity index (χ1) is 17.0. The van der Waals surface area contributed by atoms with Crippen molar-refractivity contribution in [1.29, 1.82) is 0 Å². The van der Waals surface area contributed by atoms with E-state index < -0.39 is 31.4 Å². The zero-order valence-electron chi connectivity index (χ0n) is 20.5. The molecule has 8 nitrogen and oxygen atoms in total. The summed E-state index contributed by atoms with van der Waals surface area (Å²) < 4.78 is 48.2. The van der Waals surface area contributed by atoms with Crippen molar-refractivity contribution in [3.8, 4) is 11.3 Å². The lowest BCUT2D eigenvalue weighted by Gasteiger charge is -2.27. The molecule has 1 amide bonds. The smallest absolute Gasteiger partial charge is 0.231 e. The number of rotatable bonds is 9. The molecule has 0 aliphatic carbocycles. The van der Waals surface area contributed by atoms with Gasteiger partial charge >= 0.3 is 0 Å². The molecule has 3 heterocycles. The average molecular weight is 519 g/mol. The standard InChI is InChI=1S/C24H29F3N6O2Si/c1-36(2,3)7-6-35-14-33-22(11-21(31-33)17-12-29-30-13-20(17)28)32-5-4-16(24(32)34)8-15-9-18(25)23(27)19(26)10-15/h9-13,16H,4-8,14H2,1-3H3,(H2,28,29)/q-1. The molecule has 0 saturated carbocycles. The largest absolute Gasteiger partial charge is 0.397 e. The lowest BCUT2D eigenvalue weighted by molar-refractivity contribution is -0.120. The van der Waals surface area contributed by atoms with Gasteiger partial charge in [-0.05, 0) is 30.5 Å². The molecule has 1 aromatic carbocycles. The molecule has 3 aromatic rings. The Labute approximate surface area is 208 Å². The van der Waals surface area contributed by atoms with Gasteiger partial charge in [0.2, 0.25) is 5.91 Å². The van der Waals surface area contributed by atoms with Crippen LogP contribution >= 0.6 is 0 Å². The quantitative estimate of drug-likeness (QED) is 0.258. The Morgan fingerprint density at radius 3 is 2.47 bits per heavy atom. The number of hydrogen-bond donors (Lipinski definition) is 1. The van der Waals surface area contributed by atoms with Gasteiger partial charge in [-0.2, -0.15) is 34.9 Å². The SMILES string of the molecule is C[Si-](C)(C)CCOCn1nc(-c2cnncc2N)cc1N1CCC(Cc2cc(F)c(F)c(F)c2)C1=O. The molecule has 193 valence electrons. The second kappa shape index (κ2) is 10.4. The molecule has 1 atom stereocenters. The predicted octanol–water partition coefficient (Wildman–Crippen LogP) is 4.25. The first-order valence-electron chi connectivity index (χ1n) is 11.7. The molecular formula is C24H29F3N6O2Si-. The number of carbonyl (C=O) groups excluding carboxylic acids is 1. The summed E-state index contributed by atoms with van der Waals surface area (Å²) in [6.07, 6.45) is 3.49. The zero-order chi connectivity index (χ0) is 26.0. The molecule has 4 rings (SSSR count). The minimum Gasteiger partial charge on any atom is -0.397 e. The van der Waals surface area contributed by atoms with Crippen LogP contribution in [0.4, 0.5) is 24.7 Å². The molecule has 1 fully saturated rings. The van der Waals surface area contributed by atoms with Crippen molar-refractivity contribution in [2.45, 2.75) is 45.3 Å². The van der Waals surface area contributed by atoms with Gasteiger partial charge in [0.1, 0.15) is 12.5 Å². The highest BCUT2D eigenvalue weighted by Crippen LogP contribution is 2.32.